The quantitative estimate of drug-likeness (QED) is 0.222. The van der Waals surface area contributed by atoms with Crippen LogP contribution in [0.15, 0.2) is 61.2 Å². The summed E-state index contributed by atoms with van der Waals surface area (Å²) in [6, 6.07) is 11.7. The molecule has 256 valence electrons. The molecule has 16 nitrogen and oxygen atoms in total. The molecule has 0 saturated heterocycles. The van der Waals surface area contributed by atoms with Crippen molar-refractivity contribution in [3.8, 4) is 0 Å². The van der Waals surface area contributed by atoms with Crippen LogP contribution in [0, 0.1) is 25.5 Å². The molecule has 0 radical (unpaired) electrons. The van der Waals surface area contributed by atoms with E-state index in [1.165, 1.54) is 60.2 Å². The van der Waals surface area contributed by atoms with Crippen molar-refractivity contribution in [1.29, 1.82) is 0 Å². The Bertz CT molecular complexity index is 2250. The first-order valence-corrected chi connectivity index (χ1v) is 14.6. The largest absolute Gasteiger partial charge is 0.464 e. The summed E-state index contributed by atoms with van der Waals surface area (Å²) in [6.07, 6.45) is 2.45. The molecule has 4 aromatic heterocycles. The Morgan fingerprint density at radius 1 is 0.660 bits per heavy atom. The first-order chi connectivity index (χ1) is 24.0. The minimum absolute atomic E-state index is 0.0166. The number of fused-ring (bicyclic) bond motifs is 2. The Hall–Kier alpha value is -6.72. The number of benzene rings is 2. The molecule has 0 spiro atoms. The zero-order chi connectivity index (χ0) is 35.9. The van der Waals surface area contributed by atoms with E-state index >= 15 is 0 Å². The Morgan fingerprint density at radius 3 is 1.66 bits per heavy atom. The fraction of sp³-hybridized carbons (Fsp3) is 0.188. The lowest BCUT2D eigenvalue weighted by molar-refractivity contribution is 0.0587. The van der Waals surface area contributed by atoms with E-state index in [2.05, 4.69) is 50.2 Å². The third-order valence-electron chi connectivity index (χ3n) is 7.11. The van der Waals surface area contributed by atoms with Crippen molar-refractivity contribution in [2.75, 3.05) is 14.2 Å². The fourth-order valence-electron chi connectivity index (χ4n) is 4.54. The van der Waals surface area contributed by atoms with Crippen molar-refractivity contribution in [3.05, 3.63) is 118 Å². The van der Waals surface area contributed by atoms with Gasteiger partial charge >= 0.3 is 11.9 Å². The molecule has 2 amide bonds. The minimum Gasteiger partial charge on any atom is -0.464 e. The number of rotatable bonds is 8. The highest BCUT2D eigenvalue weighted by Crippen LogP contribution is 2.12. The number of methoxy groups -OCH3 is 2. The van der Waals surface area contributed by atoms with Gasteiger partial charge in [0.1, 0.15) is 35.7 Å². The molecule has 2 N–H and O–H groups in total. The van der Waals surface area contributed by atoms with Crippen LogP contribution in [0.3, 0.4) is 0 Å². The van der Waals surface area contributed by atoms with Crippen LogP contribution in [0.1, 0.15) is 64.2 Å². The van der Waals surface area contributed by atoms with Crippen molar-refractivity contribution in [1.82, 2.24) is 49.8 Å². The molecule has 6 aromatic rings. The Balaban J connectivity index is 0.000000240. The SMILES string of the molecule is COC(=O)c1cc(C(=O)OC)n2ncnc2n1.Cc1cc(CNC(=O)c2cc(C(=O)NCc3ccc(F)c(C)c3)n3ncnc3n2)ccc1F. The average molecular weight is 687 g/mol. The summed E-state index contributed by atoms with van der Waals surface area (Å²) in [7, 11) is 2.44. The Morgan fingerprint density at radius 2 is 1.14 bits per heavy atom. The van der Waals surface area contributed by atoms with Gasteiger partial charge in [0.2, 0.25) is 0 Å². The fourth-order valence-corrected chi connectivity index (χ4v) is 4.54. The van der Waals surface area contributed by atoms with Crippen LogP contribution in [-0.4, -0.2) is 77.1 Å². The van der Waals surface area contributed by atoms with Crippen LogP contribution in [0.25, 0.3) is 11.6 Å². The number of amides is 2. The molecule has 0 atom stereocenters. The molecule has 0 aliphatic heterocycles. The van der Waals surface area contributed by atoms with Crippen molar-refractivity contribution >= 4 is 35.3 Å². The number of carbonyl (C=O) groups excluding carboxylic acids is 4. The molecule has 4 heterocycles. The van der Waals surface area contributed by atoms with Crippen molar-refractivity contribution in [3.63, 3.8) is 0 Å². The monoisotopic (exact) mass is 686 g/mol. The highest BCUT2D eigenvalue weighted by atomic mass is 19.1. The number of hydrogen-bond donors (Lipinski definition) is 2. The van der Waals surface area contributed by atoms with Gasteiger partial charge in [-0.25, -0.2) is 28.3 Å². The summed E-state index contributed by atoms with van der Waals surface area (Å²) in [5, 5.41) is 13.2. The zero-order valence-corrected chi connectivity index (χ0v) is 27.0. The topological polar surface area (TPSA) is 197 Å². The van der Waals surface area contributed by atoms with Crippen LogP contribution in [0.4, 0.5) is 8.78 Å². The van der Waals surface area contributed by atoms with Gasteiger partial charge in [-0.05, 0) is 48.2 Å². The highest BCUT2D eigenvalue weighted by molar-refractivity contribution is 5.98. The predicted molar refractivity (Wildman–Crippen MR) is 169 cm³/mol. The molecule has 0 fully saturated rings. The first kappa shape index (κ1) is 34.6. The van der Waals surface area contributed by atoms with Gasteiger partial charge in [-0.15, -0.1) is 0 Å². The second-order valence-electron chi connectivity index (χ2n) is 10.5. The number of nitrogens with zero attached hydrogens (tertiary/aromatic N) is 8. The maximum atomic E-state index is 13.5. The van der Waals surface area contributed by atoms with E-state index in [1.807, 2.05) is 0 Å². The van der Waals surface area contributed by atoms with E-state index in [4.69, 9.17) is 0 Å². The third-order valence-corrected chi connectivity index (χ3v) is 7.11. The zero-order valence-electron chi connectivity index (χ0n) is 27.0. The molecule has 18 heteroatoms. The van der Waals surface area contributed by atoms with E-state index in [0.717, 1.165) is 11.1 Å². The molecule has 2 aromatic carbocycles. The lowest BCUT2D eigenvalue weighted by Crippen LogP contribution is -2.28. The second kappa shape index (κ2) is 15.0. The Kier molecular flexibility index (Phi) is 10.4. The third kappa shape index (κ3) is 7.70. The minimum atomic E-state index is -0.666. The Labute approximate surface area is 281 Å². The summed E-state index contributed by atoms with van der Waals surface area (Å²) in [6.45, 7) is 3.59. The van der Waals surface area contributed by atoms with Gasteiger partial charge in [0, 0.05) is 25.2 Å². The summed E-state index contributed by atoms with van der Waals surface area (Å²) >= 11 is 0. The predicted octanol–water partition coefficient (Wildman–Crippen LogP) is 2.58. The van der Waals surface area contributed by atoms with Gasteiger partial charge < -0.3 is 20.1 Å². The van der Waals surface area contributed by atoms with E-state index in [-0.39, 0.29) is 59.1 Å². The van der Waals surface area contributed by atoms with Crippen LogP contribution in [0.2, 0.25) is 0 Å². The smallest absolute Gasteiger partial charge is 0.356 e. The van der Waals surface area contributed by atoms with Crippen molar-refractivity contribution in [2.24, 2.45) is 0 Å². The number of aromatic nitrogens is 8. The van der Waals surface area contributed by atoms with Crippen molar-refractivity contribution < 1.29 is 37.4 Å². The summed E-state index contributed by atoms with van der Waals surface area (Å²) in [4.78, 5) is 64.2. The molecule has 0 saturated carbocycles. The summed E-state index contributed by atoms with van der Waals surface area (Å²) in [5.74, 6) is -2.78. The van der Waals surface area contributed by atoms with Crippen molar-refractivity contribution in [2.45, 2.75) is 26.9 Å². The number of hydrogen-bond acceptors (Lipinski definition) is 12. The lowest BCUT2D eigenvalue weighted by atomic mass is 10.1. The van der Waals surface area contributed by atoms with Crippen LogP contribution in [0.5, 0.6) is 0 Å². The molecule has 6 rings (SSSR count). The molecule has 0 unspecified atom stereocenters. The van der Waals surface area contributed by atoms with Gasteiger partial charge in [-0.3, -0.25) is 9.59 Å². The first-order valence-electron chi connectivity index (χ1n) is 14.6. The average Bonchev–Trinajstić information content (AvgIpc) is 3.81. The molecular formula is C32H28F2N10O6. The van der Waals surface area contributed by atoms with E-state index < -0.39 is 23.8 Å². The number of aryl methyl sites for hydroxylation is 2. The van der Waals surface area contributed by atoms with Crippen LogP contribution < -0.4 is 10.6 Å². The molecule has 0 bridgehead atoms. The summed E-state index contributed by atoms with van der Waals surface area (Å²) in [5.41, 5.74) is 2.46. The van der Waals surface area contributed by atoms with Gasteiger partial charge in [0.25, 0.3) is 23.4 Å². The van der Waals surface area contributed by atoms with Gasteiger partial charge in [-0.1, -0.05) is 24.3 Å². The summed E-state index contributed by atoms with van der Waals surface area (Å²) < 4.78 is 38.4. The lowest BCUT2D eigenvalue weighted by Gasteiger charge is -2.10. The number of nitrogens with one attached hydrogen (secondary N) is 2. The molecule has 0 aliphatic carbocycles. The molecule has 50 heavy (non-hydrogen) atoms. The van der Waals surface area contributed by atoms with Crippen LogP contribution >= 0.6 is 0 Å². The van der Waals surface area contributed by atoms with Gasteiger partial charge in [0.15, 0.2) is 11.4 Å². The maximum absolute atomic E-state index is 13.5. The van der Waals surface area contributed by atoms with E-state index in [9.17, 15) is 28.0 Å². The number of ether oxygens (including phenoxy) is 2. The molecular weight excluding hydrogens is 658 g/mol. The highest BCUT2D eigenvalue weighted by Gasteiger charge is 2.20. The number of halogens is 2. The van der Waals surface area contributed by atoms with E-state index in [1.54, 1.807) is 38.1 Å². The van der Waals surface area contributed by atoms with Gasteiger partial charge in [0.05, 0.1) is 14.2 Å². The number of carbonyl (C=O) groups is 4. The molecule has 0 aliphatic rings. The van der Waals surface area contributed by atoms with Crippen LogP contribution in [-0.2, 0) is 22.6 Å². The second-order valence-corrected chi connectivity index (χ2v) is 10.5. The maximum Gasteiger partial charge on any atom is 0.356 e. The van der Waals surface area contributed by atoms with E-state index in [0.29, 0.717) is 11.1 Å². The standard InChI is InChI=1S/C23H20F2N6O2.C9H8N4O4/c1-13-7-15(3-5-17(13)24)10-26-21(32)19-9-20(31-23(30-19)28-12-29-31)22(33)27-11-16-4-6-18(25)14(2)8-16;1-16-7(14)5-3-6(8(15)17-2)13-9(12-5)10-4-11-13/h3-9,12H,10-11H2,1-2H3,(H,26,32)(H,27,33);3-4H,1-2H3. The normalized spacial score (nSPS) is 10.7. The number of esters is 2. The van der Waals surface area contributed by atoms with Gasteiger partial charge in [-0.2, -0.15) is 29.2 Å².